The molecule has 3 aromatic carbocycles. The van der Waals surface area contributed by atoms with Crippen LogP contribution in [0.25, 0.3) is 32.9 Å². The van der Waals surface area contributed by atoms with Crippen LogP contribution in [0.3, 0.4) is 0 Å². The normalized spacial score (nSPS) is 10.9. The fourth-order valence-corrected chi connectivity index (χ4v) is 3.88. The van der Waals surface area contributed by atoms with Gasteiger partial charge in [-0.05, 0) is 40.4 Å². The van der Waals surface area contributed by atoms with Crippen LogP contribution in [0.2, 0.25) is 0 Å². The summed E-state index contributed by atoms with van der Waals surface area (Å²) in [7, 11) is 0. The van der Waals surface area contributed by atoms with Gasteiger partial charge in [0.1, 0.15) is 0 Å². The van der Waals surface area contributed by atoms with Crippen molar-refractivity contribution in [3.05, 3.63) is 89.8 Å². The number of benzene rings is 3. The zero-order valence-corrected chi connectivity index (χ0v) is 16.0. The predicted molar refractivity (Wildman–Crippen MR) is 115 cm³/mol. The minimum absolute atomic E-state index is 0.188. The molecule has 0 radical (unpaired) electrons. The summed E-state index contributed by atoms with van der Waals surface area (Å²) in [6, 6.07) is 24.8. The molecular formula is C23H15N3O2S. The topological polar surface area (TPSA) is 68.0 Å². The van der Waals surface area contributed by atoms with Gasteiger partial charge in [0.05, 0.1) is 16.1 Å². The summed E-state index contributed by atoms with van der Waals surface area (Å²) in [6.45, 7) is 0. The smallest absolute Gasteiger partial charge is 0.260 e. The van der Waals surface area contributed by atoms with Crippen molar-refractivity contribution >= 4 is 33.7 Å². The number of thiophene rings is 1. The van der Waals surface area contributed by atoms with Crippen LogP contribution >= 0.6 is 11.3 Å². The number of carbonyl (C=O) groups is 1. The molecule has 1 N–H and O–H groups in total. The molecule has 0 bridgehead atoms. The predicted octanol–water partition coefficient (Wildman–Crippen LogP) is 5.87. The Morgan fingerprint density at radius 2 is 1.72 bits per heavy atom. The highest BCUT2D eigenvalue weighted by Crippen LogP contribution is 2.30. The minimum atomic E-state index is -0.188. The Hall–Kier alpha value is -3.77. The SMILES string of the molecule is O=C(Nc1ccccc1-c1nc(-c2cccs2)no1)c1cccc2ccccc12. The molecule has 0 saturated carbocycles. The van der Waals surface area contributed by atoms with Crippen LogP contribution < -0.4 is 5.32 Å². The molecule has 2 aromatic heterocycles. The van der Waals surface area contributed by atoms with E-state index in [4.69, 9.17) is 4.52 Å². The summed E-state index contributed by atoms with van der Waals surface area (Å²) in [6.07, 6.45) is 0. The third-order valence-electron chi connectivity index (χ3n) is 4.61. The number of amides is 1. The van der Waals surface area contributed by atoms with Crippen LogP contribution in [0.15, 0.2) is 88.8 Å². The van der Waals surface area contributed by atoms with Crippen molar-refractivity contribution in [3.63, 3.8) is 0 Å². The van der Waals surface area contributed by atoms with Gasteiger partial charge in [-0.3, -0.25) is 4.79 Å². The summed E-state index contributed by atoms with van der Waals surface area (Å²) in [5.74, 6) is 0.708. The van der Waals surface area contributed by atoms with E-state index in [-0.39, 0.29) is 5.91 Å². The number of hydrogen-bond donors (Lipinski definition) is 1. The van der Waals surface area contributed by atoms with Gasteiger partial charge in [-0.15, -0.1) is 11.3 Å². The van der Waals surface area contributed by atoms with Crippen molar-refractivity contribution in [2.24, 2.45) is 0 Å². The Morgan fingerprint density at radius 1 is 0.897 bits per heavy atom. The maximum atomic E-state index is 13.0. The maximum Gasteiger partial charge on any atom is 0.260 e. The van der Waals surface area contributed by atoms with Crippen molar-refractivity contribution in [2.75, 3.05) is 5.32 Å². The standard InChI is InChI=1S/C23H15N3O2S/c27-22(17-11-5-8-15-7-1-2-9-16(15)17)24-19-12-4-3-10-18(19)23-25-21(26-28-23)20-13-6-14-29-20/h1-14H,(H,24,27). The fourth-order valence-electron chi connectivity index (χ4n) is 3.23. The van der Waals surface area contributed by atoms with E-state index >= 15 is 0 Å². The van der Waals surface area contributed by atoms with Crippen LogP contribution in [-0.4, -0.2) is 16.0 Å². The summed E-state index contributed by atoms with van der Waals surface area (Å²) in [5.41, 5.74) is 1.91. The van der Waals surface area contributed by atoms with Crippen molar-refractivity contribution in [3.8, 4) is 22.2 Å². The third-order valence-corrected chi connectivity index (χ3v) is 5.47. The highest BCUT2D eigenvalue weighted by atomic mass is 32.1. The molecule has 1 amide bonds. The summed E-state index contributed by atoms with van der Waals surface area (Å²) in [5, 5.41) is 11.0. The Bertz CT molecular complexity index is 1300. The number of fused-ring (bicyclic) bond motifs is 1. The van der Waals surface area contributed by atoms with E-state index in [1.54, 1.807) is 11.3 Å². The molecule has 5 aromatic rings. The lowest BCUT2D eigenvalue weighted by atomic mass is 10.0. The van der Waals surface area contributed by atoms with Gasteiger partial charge in [0.15, 0.2) is 0 Å². The van der Waals surface area contributed by atoms with Gasteiger partial charge >= 0.3 is 0 Å². The summed E-state index contributed by atoms with van der Waals surface area (Å²) >= 11 is 1.54. The molecule has 0 fully saturated rings. The quantitative estimate of drug-likeness (QED) is 0.412. The first-order valence-corrected chi connectivity index (χ1v) is 9.94. The largest absolute Gasteiger partial charge is 0.334 e. The average Bonchev–Trinajstić information content (AvgIpc) is 3.45. The monoisotopic (exact) mass is 397 g/mol. The number of anilines is 1. The third kappa shape index (κ3) is 3.30. The van der Waals surface area contributed by atoms with Gasteiger partial charge in [-0.2, -0.15) is 4.98 Å². The number of aromatic nitrogens is 2. The molecule has 140 valence electrons. The first kappa shape index (κ1) is 17.3. The second-order valence-electron chi connectivity index (χ2n) is 6.43. The zero-order valence-electron chi connectivity index (χ0n) is 15.2. The van der Waals surface area contributed by atoms with E-state index in [2.05, 4.69) is 15.5 Å². The average molecular weight is 397 g/mol. The van der Waals surface area contributed by atoms with Crippen LogP contribution in [0.1, 0.15) is 10.4 Å². The Labute approximate surface area is 170 Å². The minimum Gasteiger partial charge on any atom is -0.334 e. The first-order valence-electron chi connectivity index (χ1n) is 9.06. The molecule has 0 unspecified atom stereocenters. The van der Waals surface area contributed by atoms with E-state index in [9.17, 15) is 4.79 Å². The van der Waals surface area contributed by atoms with Gasteiger partial charge in [0.25, 0.3) is 11.8 Å². The zero-order chi connectivity index (χ0) is 19.6. The number of hydrogen-bond acceptors (Lipinski definition) is 5. The second-order valence-corrected chi connectivity index (χ2v) is 7.37. The van der Waals surface area contributed by atoms with Crippen molar-refractivity contribution in [1.29, 1.82) is 0 Å². The summed E-state index contributed by atoms with van der Waals surface area (Å²) < 4.78 is 5.47. The second kappa shape index (κ2) is 7.33. The molecule has 2 heterocycles. The van der Waals surface area contributed by atoms with Gasteiger partial charge in [0.2, 0.25) is 5.82 Å². The van der Waals surface area contributed by atoms with Crippen LogP contribution in [0.4, 0.5) is 5.69 Å². The molecule has 0 atom stereocenters. The lowest BCUT2D eigenvalue weighted by Crippen LogP contribution is -2.13. The highest BCUT2D eigenvalue weighted by molar-refractivity contribution is 7.13. The molecule has 5 nitrogen and oxygen atoms in total. The number of nitrogens with zero attached hydrogens (tertiary/aromatic N) is 2. The number of para-hydroxylation sites is 1. The van der Waals surface area contributed by atoms with E-state index in [1.807, 2.05) is 84.2 Å². The van der Waals surface area contributed by atoms with Crippen molar-refractivity contribution < 1.29 is 9.32 Å². The van der Waals surface area contributed by atoms with E-state index < -0.39 is 0 Å². The van der Waals surface area contributed by atoms with E-state index in [0.29, 0.717) is 28.5 Å². The van der Waals surface area contributed by atoms with Crippen molar-refractivity contribution in [1.82, 2.24) is 10.1 Å². The van der Waals surface area contributed by atoms with Gasteiger partial charge in [-0.25, -0.2) is 0 Å². The highest BCUT2D eigenvalue weighted by Gasteiger charge is 2.17. The number of nitrogens with one attached hydrogen (secondary N) is 1. The first-order chi connectivity index (χ1) is 14.3. The molecule has 29 heavy (non-hydrogen) atoms. The molecule has 6 heteroatoms. The lowest BCUT2D eigenvalue weighted by Gasteiger charge is -2.10. The fraction of sp³-hybridized carbons (Fsp3) is 0. The van der Waals surface area contributed by atoms with Crippen LogP contribution in [0, 0.1) is 0 Å². The van der Waals surface area contributed by atoms with Crippen molar-refractivity contribution in [2.45, 2.75) is 0 Å². The van der Waals surface area contributed by atoms with E-state index in [1.165, 1.54) is 0 Å². The van der Waals surface area contributed by atoms with Crippen LogP contribution in [-0.2, 0) is 0 Å². The van der Waals surface area contributed by atoms with Gasteiger partial charge in [-0.1, -0.05) is 59.8 Å². The Morgan fingerprint density at radius 3 is 2.62 bits per heavy atom. The Kier molecular flexibility index (Phi) is 4.38. The molecular weight excluding hydrogens is 382 g/mol. The molecule has 0 aliphatic carbocycles. The summed E-state index contributed by atoms with van der Waals surface area (Å²) in [4.78, 5) is 18.5. The number of carbonyl (C=O) groups excluding carboxylic acids is 1. The molecule has 0 aliphatic rings. The number of rotatable bonds is 4. The van der Waals surface area contributed by atoms with Gasteiger partial charge in [0, 0.05) is 5.56 Å². The molecule has 0 saturated heterocycles. The van der Waals surface area contributed by atoms with E-state index in [0.717, 1.165) is 15.6 Å². The maximum absolute atomic E-state index is 13.0. The lowest BCUT2D eigenvalue weighted by molar-refractivity contribution is 0.102. The molecule has 0 spiro atoms. The Balaban J connectivity index is 1.49. The molecule has 0 aliphatic heterocycles. The molecule has 5 rings (SSSR count). The van der Waals surface area contributed by atoms with Crippen LogP contribution in [0.5, 0.6) is 0 Å². The van der Waals surface area contributed by atoms with Gasteiger partial charge < -0.3 is 9.84 Å².